The molecular formula is C15H22O3. The second kappa shape index (κ2) is 5.98. The van der Waals surface area contributed by atoms with Crippen molar-refractivity contribution in [1.82, 2.24) is 0 Å². The van der Waals surface area contributed by atoms with Gasteiger partial charge in [0.05, 0.1) is 0 Å². The molecule has 0 N–H and O–H groups in total. The van der Waals surface area contributed by atoms with Gasteiger partial charge < -0.3 is 4.74 Å². The van der Waals surface area contributed by atoms with Crippen LogP contribution in [0.2, 0.25) is 0 Å². The lowest BCUT2D eigenvalue weighted by molar-refractivity contribution is -0.145. The zero-order chi connectivity index (χ0) is 13.9. The Bertz CT molecular complexity index is 404. The van der Waals surface area contributed by atoms with Gasteiger partial charge in [0.15, 0.2) is 0 Å². The van der Waals surface area contributed by atoms with E-state index < -0.39 is 0 Å². The Kier molecular flexibility index (Phi) is 4.88. The van der Waals surface area contributed by atoms with Crippen LogP contribution in [0.4, 0.5) is 0 Å². The van der Waals surface area contributed by atoms with Gasteiger partial charge in [-0.1, -0.05) is 17.7 Å². The number of allylic oxidation sites excluding steroid dienone is 2. The predicted molar refractivity (Wildman–Crippen MR) is 71.1 cm³/mol. The van der Waals surface area contributed by atoms with Crippen LogP contribution in [0.15, 0.2) is 23.3 Å². The molecule has 18 heavy (non-hydrogen) atoms. The summed E-state index contributed by atoms with van der Waals surface area (Å²) in [6.07, 6.45) is 1.89. The molecule has 0 fully saturated rings. The van der Waals surface area contributed by atoms with Crippen LogP contribution in [0, 0.1) is 5.92 Å². The molecule has 0 amide bonds. The van der Waals surface area contributed by atoms with Crippen LogP contribution in [-0.4, -0.2) is 17.9 Å². The number of ether oxygens (including phenoxy) is 1. The smallest absolute Gasteiger partial charge is 0.303 e. The van der Waals surface area contributed by atoms with Gasteiger partial charge in [0.2, 0.25) is 0 Å². The van der Waals surface area contributed by atoms with Gasteiger partial charge in [-0.25, -0.2) is 0 Å². The molecule has 3 heteroatoms. The molecule has 0 aromatic heterocycles. The number of hydrogen-bond donors (Lipinski definition) is 0. The van der Waals surface area contributed by atoms with Crippen LogP contribution in [-0.2, 0) is 14.3 Å². The summed E-state index contributed by atoms with van der Waals surface area (Å²) in [5.41, 5.74) is 3.23. The maximum absolute atomic E-state index is 11.3. The molecule has 0 bridgehead atoms. The Hall–Kier alpha value is -1.38. The molecule has 0 heterocycles. The minimum atomic E-state index is -0.274. The summed E-state index contributed by atoms with van der Waals surface area (Å²) in [6, 6.07) is 0. The maximum Gasteiger partial charge on any atom is 0.303 e. The van der Waals surface area contributed by atoms with Gasteiger partial charge >= 0.3 is 5.97 Å². The van der Waals surface area contributed by atoms with Crippen LogP contribution in [0.25, 0.3) is 0 Å². The highest BCUT2D eigenvalue weighted by atomic mass is 16.5. The lowest BCUT2D eigenvalue weighted by atomic mass is 9.78. The summed E-state index contributed by atoms with van der Waals surface area (Å²) in [5.74, 6) is 0.171. The molecule has 0 aromatic carbocycles. The molecule has 3 nitrogen and oxygen atoms in total. The van der Waals surface area contributed by atoms with Crippen LogP contribution in [0.3, 0.4) is 0 Å². The van der Waals surface area contributed by atoms with Crippen LogP contribution in [0.5, 0.6) is 0 Å². The van der Waals surface area contributed by atoms with Crippen LogP contribution < -0.4 is 0 Å². The summed E-state index contributed by atoms with van der Waals surface area (Å²) in [5, 5.41) is 0. The van der Waals surface area contributed by atoms with Crippen LogP contribution >= 0.6 is 0 Å². The second-order valence-electron chi connectivity index (χ2n) is 5.25. The molecule has 0 aliphatic heterocycles. The third kappa shape index (κ3) is 3.83. The number of carbonyl (C=O) groups is 2. The van der Waals surface area contributed by atoms with E-state index in [9.17, 15) is 9.59 Å². The molecule has 1 aliphatic rings. The monoisotopic (exact) mass is 250 g/mol. The molecule has 0 saturated carbocycles. The first-order chi connectivity index (χ1) is 8.31. The van der Waals surface area contributed by atoms with Crippen molar-refractivity contribution in [3.63, 3.8) is 0 Å². The lowest BCUT2D eigenvalue weighted by Gasteiger charge is -2.32. The fourth-order valence-electron chi connectivity index (χ4n) is 2.43. The van der Waals surface area contributed by atoms with E-state index in [0.29, 0.717) is 12.3 Å². The maximum atomic E-state index is 11.3. The molecule has 0 radical (unpaired) electrons. The topological polar surface area (TPSA) is 43.4 Å². The third-order valence-electron chi connectivity index (χ3n) is 3.50. The Labute approximate surface area is 109 Å². The average Bonchev–Trinajstić information content (AvgIpc) is 2.22. The molecule has 100 valence electrons. The SMILES string of the molecule is C=C(C)[C@H]1CC(CC(C)=O)=C(C)[C@@H](OC(C)=O)C1. The molecule has 0 saturated heterocycles. The summed E-state index contributed by atoms with van der Waals surface area (Å²) in [4.78, 5) is 22.4. The van der Waals surface area contributed by atoms with Crippen molar-refractivity contribution in [1.29, 1.82) is 0 Å². The number of ketones is 1. The quantitative estimate of drug-likeness (QED) is 0.568. The molecule has 0 aromatic rings. The number of carbonyl (C=O) groups excluding carboxylic acids is 2. The van der Waals surface area contributed by atoms with Gasteiger partial charge in [0, 0.05) is 13.3 Å². The fourth-order valence-corrected chi connectivity index (χ4v) is 2.43. The Morgan fingerprint density at radius 3 is 2.39 bits per heavy atom. The number of Topliss-reactive ketones (excluding diaryl/α,β-unsaturated/α-hetero) is 1. The molecule has 1 aliphatic carbocycles. The van der Waals surface area contributed by atoms with Crippen molar-refractivity contribution < 1.29 is 14.3 Å². The Balaban J connectivity index is 2.97. The zero-order valence-electron chi connectivity index (χ0n) is 11.7. The number of rotatable bonds is 4. The minimum Gasteiger partial charge on any atom is -0.458 e. The van der Waals surface area contributed by atoms with Crippen molar-refractivity contribution in [2.45, 2.75) is 53.1 Å². The normalized spacial score (nSPS) is 23.8. The van der Waals surface area contributed by atoms with Crippen molar-refractivity contribution in [3.05, 3.63) is 23.3 Å². The van der Waals surface area contributed by atoms with Crippen LogP contribution in [0.1, 0.15) is 47.0 Å². The van der Waals surface area contributed by atoms with Gasteiger partial charge in [-0.05, 0) is 45.1 Å². The van der Waals surface area contributed by atoms with E-state index in [4.69, 9.17) is 4.74 Å². The summed E-state index contributed by atoms with van der Waals surface area (Å²) in [7, 11) is 0. The summed E-state index contributed by atoms with van der Waals surface area (Å²) < 4.78 is 5.35. The Morgan fingerprint density at radius 1 is 1.33 bits per heavy atom. The van der Waals surface area contributed by atoms with E-state index in [1.165, 1.54) is 6.92 Å². The lowest BCUT2D eigenvalue weighted by Crippen LogP contribution is -2.28. The van der Waals surface area contributed by atoms with E-state index in [1.807, 2.05) is 13.8 Å². The van der Waals surface area contributed by atoms with E-state index >= 15 is 0 Å². The zero-order valence-corrected chi connectivity index (χ0v) is 11.7. The van der Waals surface area contributed by atoms with Gasteiger partial charge in [0.1, 0.15) is 11.9 Å². The summed E-state index contributed by atoms with van der Waals surface area (Å²) in [6.45, 7) is 10.9. The number of esters is 1. The molecule has 2 atom stereocenters. The first-order valence-electron chi connectivity index (χ1n) is 6.31. The first kappa shape index (κ1) is 14.7. The van der Waals surface area contributed by atoms with Crippen molar-refractivity contribution >= 4 is 11.8 Å². The minimum absolute atomic E-state index is 0.147. The van der Waals surface area contributed by atoms with Gasteiger partial charge in [0.25, 0.3) is 0 Å². The molecule has 0 spiro atoms. The molecular weight excluding hydrogens is 228 g/mol. The molecule has 1 rings (SSSR count). The Morgan fingerprint density at radius 2 is 1.94 bits per heavy atom. The first-order valence-corrected chi connectivity index (χ1v) is 6.31. The van der Waals surface area contributed by atoms with Gasteiger partial charge in [-0.3, -0.25) is 9.59 Å². The van der Waals surface area contributed by atoms with Crippen molar-refractivity contribution in [2.75, 3.05) is 0 Å². The van der Waals surface area contributed by atoms with Gasteiger partial charge in [-0.15, -0.1) is 0 Å². The highest BCUT2D eigenvalue weighted by molar-refractivity contribution is 5.78. The van der Waals surface area contributed by atoms with E-state index in [-0.39, 0.29) is 17.9 Å². The standard InChI is InChI=1S/C15H22O3/c1-9(2)13-7-14(6-10(3)16)11(4)15(8-13)18-12(5)17/h13,15H,1,6-8H2,2-5H3/t13-,15-/m0/s1. The van der Waals surface area contributed by atoms with E-state index in [0.717, 1.165) is 29.6 Å². The van der Waals surface area contributed by atoms with Gasteiger partial charge in [-0.2, -0.15) is 0 Å². The van der Waals surface area contributed by atoms with Crippen molar-refractivity contribution in [2.24, 2.45) is 5.92 Å². The average molecular weight is 250 g/mol. The number of hydrogen-bond acceptors (Lipinski definition) is 3. The summed E-state index contributed by atoms with van der Waals surface area (Å²) >= 11 is 0. The molecule has 0 unspecified atom stereocenters. The fraction of sp³-hybridized carbons (Fsp3) is 0.600. The predicted octanol–water partition coefficient (Wildman–Crippen LogP) is 3.20. The third-order valence-corrected chi connectivity index (χ3v) is 3.50. The van der Waals surface area contributed by atoms with Crippen molar-refractivity contribution in [3.8, 4) is 0 Å². The highest BCUT2D eigenvalue weighted by Gasteiger charge is 2.29. The highest BCUT2D eigenvalue weighted by Crippen LogP contribution is 2.36. The largest absolute Gasteiger partial charge is 0.458 e. The van der Waals surface area contributed by atoms with E-state index in [1.54, 1.807) is 6.92 Å². The second-order valence-corrected chi connectivity index (χ2v) is 5.25. The van der Waals surface area contributed by atoms with E-state index in [2.05, 4.69) is 6.58 Å².